The molecule has 0 atom stereocenters. The summed E-state index contributed by atoms with van der Waals surface area (Å²) in [6.45, 7) is 5.96. The smallest absolute Gasteiger partial charge is 0.243 e. The van der Waals surface area contributed by atoms with Gasteiger partial charge in [-0.2, -0.15) is 4.31 Å². The van der Waals surface area contributed by atoms with Crippen LogP contribution in [0.4, 0.5) is 0 Å². The third-order valence-corrected chi connectivity index (χ3v) is 5.80. The summed E-state index contributed by atoms with van der Waals surface area (Å²) in [7, 11) is -2.17. The number of hydrogen-bond acceptors (Lipinski definition) is 4. The van der Waals surface area contributed by atoms with E-state index in [0.29, 0.717) is 13.1 Å². The van der Waals surface area contributed by atoms with Crippen LogP contribution in [0.2, 0.25) is 0 Å². The van der Waals surface area contributed by atoms with Crippen LogP contribution in [0.3, 0.4) is 0 Å². The van der Waals surface area contributed by atoms with Gasteiger partial charge in [-0.15, -0.1) is 0 Å². The van der Waals surface area contributed by atoms with Gasteiger partial charge < -0.3 is 9.80 Å². The van der Waals surface area contributed by atoms with Crippen molar-refractivity contribution in [2.24, 2.45) is 0 Å². The average molecular weight is 325 g/mol. The molecule has 1 fully saturated rings. The lowest BCUT2D eigenvalue weighted by atomic mass is 10.3. The molecule has 0 radical (unpaired) electrons. The van der Waals surface area contributed by atoms with E-state index >= 15 is 0 Å². The maximum absolute atomic E-state index is 12.4. The third-order valence-electron chi connectivity index (χ3n) is 3.98. The van der Waals surface area contributed by atoms with Crippen LogP contribution in [-0.2, 0) is 14.8 Å². The van der Waals surface area contributed by atoms with Crippen molar-refractivity contribution >= 4 is 15.9 Å². The van der Waals surface area contributed by atoms with Crippen molar-refractivity contribution < 1.29 is 13.2 Å². The van der Waals surface area contributed by atoms with Crippen LogP contribution in [0.1, 0.15) is 6.92 Å². The standard InChI is InChI=1S/C15H23N3O3S/c1-3-17-9-11-18(12-10-17)15(19)13-16(2)22(20,21)14-7-5-4-6-8-14/h4-8H,3,9-13H2,1-2H3. The molecule has 0 saturated carbocycles. The first-order chi connectivity index (χ1) is 10.4. The van der Waals surface area contributed by atoms with Gasteiger partial charge in [-0.1, -0.05) is 25.1 Å². The van der Waals surface area contributed by atoms with Crippen LogP contribution < -0.4 is 0 Å². The summed E-state index contributed by atoms with van der Waals surface area (Å²) >= 11 is 0. The topological polar surface area (TPSA) is 60.9 Å². The molecule has 7 heteroatoms. The molecular weight excluding hydrogens is 302 g/mol. The Morgan fingerprint density at radius 2 is 1.73 bits per heavy atom. The molecule has 1 amide bonds. The first-order valence-corrected chi connectivity index (χ1v) is 8.90. The van der Waals surface area contributed by atoms with Crippen LogP contribution in [0.25, 0.3) is 0 Å². The van der Waals surface area contributed by atoms with Gasteiger partial charge in [0.15, 0.2) is 0 Å². The summed E-state index contributed by atoms with van der Waals surface area (Å²) in [6.07, 6.45) is 0. The zero-order valence-electron chi connectivity index (χ0n) is 13.1. The van der Waals surface area contributed by atoms with Gasteiger partial charge in [0.2, 0.25) is 15.9 Å². The molecule has 0 aromatic heterocycles. The quantitative estimate of drug-likeness (QED) is 0.790. The van der Waals surface area contributed by atoms with E-state index in [1.165, 1.54) is 19.2 Å². The van der Waals surface area contributed by atoms with Crippen molar-refractivity contribution in [2.45, 2.75) is 11.8 Å². The third kappa shape index (κ3) is 3.85. The Balaban J connectivity index is 1.97. The van der Waals surface area contributed by atoms with E-state index in [-0.39, 0.29) is 17.3 Å². The van der Waals surface area contributed by atoms with E-state index in [9.17, 15) is 13.2 Å². The molecule has 0 spiro atoms. The maximum Gasteiger partial charge on any atom is 0.243 e. The fourth-order valence-corrected chi connectivity index (χ4v) is 3.60. The highest BCUT2D eigenvalue weighted by molar-refractivity contribution is 7.89. The van der Waals surface area contributed by atoms with E-state index < -0.39 is 10.0 Å². The first kappa shape index (κ1) is 16.9. The average Bonchev–Trinajstić information content (AvgIpc) is 2.55. The molecule has 1 aromatic carbocycles. The van der Waals surface area contributed by atoms with Gasteiger partial charge in [0.1, 0.15) is 0 Å². The van der Waals surface area contributed by atoms with E-state index in [1.54, 1.807) is 23.1 Å². The summed E-state index contributed by atoms with van der Waals surface area (Å²) < 4.78 is 25.9. The number of nitrogens with zero attached hydrogens (tertiary/aromatic N) is 3. The number of carbonyl (C=O) groups excluding carboxylic acids is 1. The molecule has 22 heavy (non-hydrogen) atoms. The second-order valence-corrected chi connectivity index (χ2v) is 7.43. The fourth-order valence-electron chi connectivity index (χ4n) is 2.46. The van der Waals surface area contributed by atoms with E-state index in [4.69, 9.17) is 0 Å². The molecule has 1 aliphatic rings. The second kappa shape index (κ2) is 7.21. The molecule has 0 unspecified atom stereocenters. The summed E-state index contributed by atoms with van der Waals surface area (Å²) in [5.41, 5.74) is 0. The predicted octanol–water partition coefficient (Wildman–Crippen LogP) is 0.471. The molecule has 0 bridgehead atoms. The van der Waals surface area contributed by atoms with Crippen LogP contribution in [0.15, 0.2) is 35.2 Å². The Hall–Kier alpha value is -1.44. The van der Waals surface area contributed by atoms with Crippen LogP contribution in [0.5, 0.6) is 0 Å². The van der Waals surface area contributed by atoms with Crippen molar-refractivity contribution in [3.05, 3.63) is 30.3 Å². The second-order valence-electron chi connectivity index (χ2n) is 5.39. The minimum atomic E-state index is -3.61. The molecule has 1 saturated heterocycles. The Morgan fingerprint density at radius 1 is 1.14 bits per heavy atom. The number of hydrogen-bond donors (Lipinski definition) is 0. The Bertz CT molecular complexity index is 596. The number of sulfonamides is 1. The highest BCUT2D eigenvalue weighted by Gasteiger charge is 2.26. The molecule has 0 aliphatic carbocycles. The van der Waals surface area contributed by atoms with Gasteiger partial charge >= 0.3 is 0 Å². The first-order valence-electron chi connectivity index (χ1n) is 7.46. The van der Waals surface area contributed by atoms with Gasteiger partial charge in [0, 0.05) is 33.2 Å². The Morgan fingerprint density at radius 3 is 2.27 bits per heavy atom. The largest absolute Gasteiger partial charge is 0.339 e. The van der Waals surface area contributed by atoms with Gasteiger partial charge in [0.05, 0.1) is 11.4 Å². The van der Waals surface area contributed by atoms with Gasteiger partial charge in [-0.05, 0) is 18.7 Å². The lowest BCUT2D eigenvalue weighted by Gasteiger charge is -2.34. The van der Waals surface area contributed by atoms with Crippen molar-refractivity contribution in [1.82, 2.24) is 14.1 Å². The highest BCUT2D eigenvalue weighted by atomic mass is 32.2. The van der Waals surface area contributed by atoms with Crippen molar-refractivity contribution in [1.29, 1.82) is 0 Å². The Labute approximate surface area is 132 Å². The van der Waals surface area contributed by atoms with Crippen molar-refractivity contribution in [3.8, 4) is 0 Å². The molecule has 1 aromatic rings. The fraction of sp³-hybridized carbons (Fsp3) is 0.533. The number of benzene rings is 1. The molecule has 1 aliphatic heterocycles. The summed E-state index contributed by atoms with van der Waals surface area (Å²) in [4.78, 5) is 16.5. The predicted molar refractivity (Wildman–Crippen MR) is 85.0 cm³/mol. The van der Waals surface area contributed by atoms with Gasteiger partial charge in [-0.25, -0.2) is 8.42 Å². The number of likely N-dealkylation sites (N-methyl/N-ethyl adjacent to an activating group) is 2. The molecule has 1 heterocycles. The van der Waals surface area contributed by atoms with Gasteiger partial charge in [-0.3, -0.25) is 4.79 Å². The Kier molecular flexibility index (Phi) is 5.55. The minimum Gasteiger partial charge on any atom is -0.339 e. The molecule has 0 N–H and O–H groups in total. The maximum atomic E-state index is 12.4. The molecular formula is C15H23N3O3S. The van der Waals surface area contributed by atoms with E-state index in [2.05, 4.69) is 11.8 Å². The lowest BCUT2D eigenvalue weighted by molar-refractivity contribution is -0.132. The molecule has 6 nitrogen and oxygen atoms in total. The SMILES string of the molecule is CCN1CCN(C(=O)CN(C)S(=O)(=O)c2ccccc2)CC1. The summed E-state index contributed by atoms with van der Waals surface area (Å²) in [5.74, 6) is -0.141. The van der Waals surface area contributed by atoms with Crippen LogP contribution in [0, 0.1) is 0 Å². The molecule has 2 rings (SSSR count). The zero-order chi connectivity index (χ0) is 16.2. The number of rotatable bonds is 5. The van der Waals surface area contributed by atoms with Crippen LogP contribution >= 0.6 is 0 Å². The van der Waals surface area contributed by atoms with E-state index in [0.717, 1.165) is 23.9 Å². The zero-order valence-corrected chi connectivity index (χ0v) is 13.9. The monoisotopic (exact) mass is 325 g/mol. The van der Waals surface area contributed by atoms with Crippen LogP contribution in [-0.4, -0.2) is 74.7 Å². The number of piperazine rings is 1. The minimum absolute atomic E-state index is 0.122. The normalized spacial score (nSPS) is 17.0. The number of carbonyl (C=O) groups is 1. The number of amides is 1. The van der Waals surface area contributed by atoms with Crippen molar-refractivity contribution in [2.75, 3.05) is 46.3 Å². The summed E-state index contributed by atoms with van der Waals surface area (Å²) in [5, 5.41) is 0. The van der Waals surface area contributed by atoms with E-state index in [1.807, 2.05) is 0 Å². The summed E-state index contributed by atoms with van der Waals surface area (Å²) in [6, 6.07) is 8.18. The lowest BCUT2D eigenvalue weighted by Crippen LogP contribution is -2.51. The van der Waals surface area contributed by atoms with Gasteiger partial charge in [0.25, 0.3) is 0 Å². The molecule has 122 valence electrons. The highest BCUT2D eigenvalue weighted by Crippen LogP contribution is 2.13. The van der Waals surface area contributed by atoms with Crippen molar-refractivity contribution in [3.63, 3.8) is 0 Å².